The number of hydrogen-bond donors (Lipinski definition) is 1. The summed E-state index contributed by atoms with van der Waals surface area (Å²) in [5, 5.41) is 3.50. The van der Waals surface area contributed by atoms with Gasteiger partial charge in [-0.25, -0.2) is 0 Å². The van der Waals surface area contributed by atoms with E-state index in [1.807, 2.05) is 0 Å². The van der Waals surface area contributed by atoms with Gasteiger partial charge in [-0.3, -0.25) is 4.98 Å². The molecule has 0 fully saturated rings. The van der Waals surface area contributed by atoms with Crippen LogP contribution in [0.5, 0.6) is 0 Å². The smallest absolute Gasteiger partial charge is 0.0432 e. The molecule has 2 nitrogen and oxygen atoms in total. The van der Waals surface area contributed by atoms with Crippen LogP contribution in [-0.2, 0) is 6.54 Å². The van der Waals surface area contributed by atoms with E-state index in [9.17, 15) is 0 Å². The van der Waals surface area contributed by atoms with Crippen molar-refractivity contribution in [2.75, 3.05) is 0 Å². The highest BCUT2D eigenvalue weighted by molar-refractivity contribution is 5.23. The first-order valence-electron chi connectivity index (χ1n) is 6.24. The number of hydrogen-bond acceptors (Lipinski definition) is 2. The lowest BCUT2D eigenvalue weighted by atomic mass is 10.1. The van der Waals surface area contributed by atoms with Crippen LogP contribution >= 0.6 is 0 Å². The molecule has 0 aromatic carbocycles. The summed E-state index contributed by atoms with van der Waals surface area (Å²) in [5.41, 5.74) is 3.65. The molecule has 1 heterocycles. The van der Waals surface area contributed by atoms with E-state index in [1.165, 1.54) is 11.3 Å². The van der Waals surface area contributed by atoms with Gasteiger partial charge in [0.15, 0.2) is 0 Å². The average Bonchev–Trinajstić information content (AvgIpc) is 2.26. The summed E-state index contributed by atoms with van der Waals surface area (Å²) in [4.78, 5) is 4.64. The molecule has 90 valence electrons. The van der Waals surface area contributed by atoms with Crippen LogP contribution in [0.4, 0.5) is 0 Å². The molecule has 0 saturated carbocycles. The highest BCUT2D eigenvalue weighted by Gasteiger charge is 2.05. The summed E-state index contributed by atoms with van der Waals surface area (Å²) in [6.07, 6.45) is 1.16. The standard InChI is InChI=1S/C14H24N2/c1-6-11(4)15-9-13-7-8-14(10(2)3)16-12(13)5/h7-8,10-11,15H,6,9H2,1-5H3. The third-order valence-electron chi connectivity index (χ3n) is 3.06. The maximum absolute atomic E-state index is 4.64. The largest absolute Gasteiger partial charge is 0.310 e. The topological polar surface area (TPSA) is 24.9 Å². The van der Waals surface area contributed by atoms with E-state index in [0.29, 0.717) is 12.0 Å². The highest BCUT2D eigenvalue weighted by atomic mass is 14.9. The predicted molar refractivity (Wildman–Crippen MR) is 69.7 cm³/mol. The molecule has 1 atom stereocenters. The van der Waals surface area contributed by atoms with Crippen LogP contribution in [0, 0.1) is 6.92 Å². The molecule has 2 heteroatoms. The maximum Gasteiger partial charge on any atom is 0.0432 e. The fraction of sp³-hybridized carbons (Fsp3) is 0.643. The second kappa shape index (κ2) is 6.00. The average molecular weight is 220 g/mol. The van der Waals surface area contributed by atoms with Crippen molar-refractivity contribution in [3.63, 3.8) is 0 Å². The molecule has 0 radical (unpaired) electrons. The number of rotatable bonds is 5. The minimum absolute atomic E-state index is 0.510. The number of nitrogens with zero attached hydrogens (tertiary/aromatic N) is 1. The van der Waals surface area contributed by atoms with Crippen molar-refractivity contribution in [2.45, 2.75) is 59.5 Å². The first kappa shape index (κ1) is 13.2. The van der Waals surface area contributed by atoms with Gasteiger partial charge in [-0.05, 0) is 37.8 Å². The Balaban J connectivity index is 2.68. The first-order chi connectivity index (χ1) is 7.54. The molecule has 0 aliphatic rings. The summed E-state index contributed by atoms with van der Waals surface area (Å²) in [5.74, 6) is 0.510. The molecule has 0 aliphatic carbocycles. The van der Waals surface area contributed by atoms with Gasteiger partial charge in [0.05, 0.1) is 0 Å². The van der Waals surface area contributed by atoms with Crippen LogP contribution in [0.3, 0.4) is 0 Å². The number of aromatic nitrogens is 1. The van der Waals surface area contributed by atoms with Crippen LogP contribution in [0.25, 0.3) is 0 Å². The number of nitrogens with one attached hydrogen (secondary N) is 1. The third-order valence-corrected chi connectivity index (χ3v) is 3.06. The van der Waals surface area contributed by atoms with Crippen molar-refractivity contribution in [3.05, 3.63) is 29.1 Å². The van der Waals surface area contributed by atoms with Crippen molar-refractivity contribution >= 4 is 0 Å². The zero-order chi connectivity index (χ0) is 12.1. The van der Waals surface area contributed by atoms with E-state index < -0.39 is 0 Å². The van der Waals surface area contributed by atoms with Gasteiger partial charge in [-0.2, -0.15) is 0 Å². The Bertz CT molecular complexity index is 332. The normalized spacial score (nSPS) is 13.1. The minimum Gasteiger partial charge on any atom is -0.310 e. The summed E-state index contributed by atoms with van der Waals surface area (Å²) in [6.45, 7) is 11.8. The van der Waals surface area contributed by atoms with Crippen LogP contribution in [0.2, 0.25) is 0 Å². The number of aryl methyl sites for hydroxylation is 1. The van der Waals surface area contributed by atoms with Crippen molar-refractivity contribution in [2.24, 2.45) is 0 Å². The molecule has 0 amide bonds. The van der Waals surface area contributed by atoms with Crippen LogP contribution in [0.1, 0.15) is 57.0 Å². The van der Waals surface area contributed by atoms with Crippen LogP contribution in [-0.4, -0.2) is 11.0 Å². The second-order valence-corrected chi connectivity index (χ2v) is 4.83. The Morgan fingerprint density at radius 2 is 1.94 bits per heavy atom. The molecule has 16 heavy (non-hydrogen) atoms. The Hall–Kier alpha value is -0.890. The number of pyridine rings is 1. The monoisotopic (exact) mass is 220 g/mol. The van der Waals surface area contributed by atoms with Crippen molar-refractivity contribution < 1.29 is 0 Å². The lowest BCUT2D eigenvalue weighted by Gasteiger charge is -2.14. The first-order valence-corrected chi connectivity index (χ1v) is 6.24. The summed E-state index contributed by atoms with van der Waals surface area (Å²) < 4.78 is 0. The van der Waals surface area contributed by atoms with Gasteiger partial charge in [-0.1, -0.05) is 26.8 Å². The molecule has 0 aliphatic heterocycles. The molecular formula is C14H24N2. The van der Waals surface area contributed by atoms with Gasteiger partial charge in [0, 0.05) is 24.0 Å². The molecule has 1 N–H and O–H groups in total. The van der Waals surface area contributed by atoms with E-state index in [4.69, 9.17) is 0 Å². The van der Waals surface area contributed by atoms with Gasteiger partial charge in [0.1, 0.15) is 0 Å². The molecule has 0 spiro atoms. The molecule has 1 aromatic heterocycles. The van der Waals surface area contributed by atoms with Crippen LogP contribution < -0.4 is 5.32 Å². The SMILES string of the molecule is CCC(C)NCc1ccc(C(C)C)nc1C. The maximum atomic E-state index is 4.64. The minimum atomic E-state index is 0.510. The van der Waals surface area contributed by atoms with E-state index in [0.717, 1.165) is 18.7 Å². The fourth-order valence-electron chi connectivity index (χ4n) is 1.55. The Kier molecular flexibility index (Phi) is 4.94. The lowest BCUT2D eigenvalue weighted by molar-refractivity contribution is 0.532. The lowest BCUT2D eigenvalue weighted by Crippen LogP contribution is -2.25. The van der Waals surface area contributed by atoms with E-state index >= 15 is 0 Å². The molecule has 1 aromatic rings. The third kappa shape index (κ3) is 3.60. The molecule has 0 bridgehead atoms. The van der Waals surface area contributed by atoms with E-state index in [1.54, 1.807) is 0 Å². The zero-order valence-corrected chi connectivity index (χ0v) is 11.2. The Labute approximate surface area is 99.5 Å². The highest BCUT2D eigenvalue weighted by Crippen LogP contribution is 2.14. The molecule has 0 saturated heterocycles. The van der Waals surface area contributed by atoms with Crippen molar-refractivity contribution in [1.82, 2.24) is 10.3 Å². The fourth-order valence-corrected chi connectivity index (χ4v) is 1.55. The summed E-state index contributed by atoms with van der Waals surface area (Å²) in [6, 6.07) is 4.92. The van der Waals surface area contributed by atoms with Crippen LogP contribution in [0.15, 0.2) is 12.1 Å². The van der Waals surface area contributed by atoms with E-state index in [-0.39, 0.29) is 0 Å². The van der Waals surface area contributed by atoms with Crippen molar-refractivity contribution in [3.8, 4) is 0 Å². The van der Waals surface area contributed by atoms with Gasteiger partial charge in [0.2, 0.25) is 0 Å². The van der Waals surface area contributed by atoms with Gasteiger partial charge < -0.3 is 5.32 Å². The van der Waals surface area contributed by atoms with Crippen molar-refractivity contribution in [1.29, 1.82) is 0 Å². The van der Waals surface area contributed by atoms with E-state index in [2.05, 4.69) is 57.1 Å². The molecule has 1 rings (SSSR count). The van der Waals surface area contributed by atoms with Gasteiger partial charge in [0.25, 0.3) is 0 Å². The summed E-state index contributed by atoms with van der Waals surface area (Å²) >= 11 is 0. The Morgan fingerprint density at radius 3 is 2.44 bits per heavy atom. The predicted octanol–water partition coefficient (Wildman–Crippen LogP) is 3.40. The molecular weight excluding hydrogens is 196 g/mol. The van der Waals surface area contributed by atoms with Gasteiger partial charge >= 0.3 is 0 Å². The molecule has 1 unspecified atom stereocenters. The summed E-state index contributed by atoms with van der Waals surface area (Å²) in [7, 11) is 0. The quantitative estimate of drug-likeness (QED) is 0.822. The second-order valence-electron chi connectivity index (χ2n) is 4.83. The Morgan fingerprint density at radius 1 is 1.25 bits per heavy atom. The van der Waals surface area contributed by atoms with Gasteiger partial charge in [-0.15, -0.1) is 0 Å². The zero-order valence-electron chi connectivity index (χ0n) is 11.2.